The number of fused-ring (bicyclic) bond motifs is 1. The van der Waals surface area contributed by atoms with Crippen molar-refractivity contribution >= 4 is 12.0 Å². The summed E-state index contributed by atoms with van der Waals surface area (Å²) in [4.78, 5) is 35.9. The fourth-order valence-corrected chi connectivity index (χ4v) is 2.07. The summed E-state index contributed by atoms with van der Waals surface area (Å²) in [5.74, 6) is -1.38. The van der Waals surface area contributed by atoms with Crippen LogP contribution in [0.25, 0.3) is 0 Å². The molecule has 2 N–H and O–H groups in total. The molecule has 1 aliphatic heterocycles. The van der Waals surface area contributed by atoms with Gasteiger partial charge in [0.2, 0.25) is 0 Å². The van der Waals surface area contributed by atoms with Gasteiger partial charge in [-0.1, -0.05) is 0 Å². The monoisotopic (exact) mass is 282 g/mol. The maximum atomic E-state index is 12.3. The minimum atomic E-state index is -1.17. The zero-order chi connectivity index (χ0) is 14.9. The van der Waals surface area contributed by atoms with Crippen LogP contribution in [0.1, 0.15) is 18.2 Å². The van der Waals surface area contributed by atoms with Crippen molar-refractivity contribution in [3.63, 3.8) is 0 Å². The van der Waals surface area contributed by atoms with Crippen LogP contribution in [-0.2, 0) is 22.7 Å². The van der Waals surface area contributed by atoms with Crippen LogP contribution in [0.3, 0.4) is 0 Å². The number of likely N-dealkylation sites (N-methyl/N-ethyl adjacent to an activating group) is 1. The van der Waals surface area contributed by atoms with E-state index in [1.165, 1.54) is 0 Å². The summed E-state index contributed by atoms with van der Waals surface area (Å²) in [5.41, 5.74) is -0.0613. The summed E-state index contributed by atoms with van der Waals surface area (Å²) in [6.07, 6.45) is 0. The van der Waals surface area contributed by atoms with Crippen molar-refractivity contribution in [1.29, 1.82) is 0 Å². The van der Waals surface area contributed by atoms with Crippen LogP contribution >= 0.6 is 0 Å². The van der Waals surface area contributed by atoms with Crippen LogP contribution < -0.4 is 5.56 Å². The topological polar surface area (TPSA) is 109 Å². The number of nitrogens with zero attached hydrogens (tertiary/aromatic N) is 2. The lowest BCUT2D eigenvalue weighted by Crippen LogP contribution is -2.43. The van der Waals surface area contributed by atoms with Crippen molar-refractivity contribution in [2.75, 3.05) is 13.1 Å². The Labute approximate surface area is 113 Å². The molecule has 0 aliphatic carbocycles. The highest BCUT2D eigenvalue weighted by Gasteiger charge is 2.27. The molecule has 0 fully saturated rings. The fourth-order valence-electron chi connectivity index (χ4n) is 2.07. The molecule has 0 unspecified atom stereocenters. The summed E-state index contributed by atoms with van der Waals surface area (Å²) >= 11 is 0. The lowest BCUT2D eigenvalue weighted by Gasteiger charge is -2.21. The number of rotatable bonds is 3. The average molecular weight is 282 g/mol. The number of aromatic hydroxyl groups is 1. The number of ether oxygens (including phenoxy) is 1. The fraction of sp³-hybridized carbons (Fsp3) is 0.417. The van der Waals surface area contributed by atoms with Crippen LogP contribution in [0.2, 0.25) is 0 Å². The molecule has 1 amide bonds. The Morgan fingerprint density at radius 2 is 2.15 bits per heavy atom. The second-order valence-electron chi connectivity index (χ2n) is 4.31. The Balaban J connectivity index is 2.47. The maximum Gasteiger partial charge on any atom is 0.331 e. The third-order valence-corrected chi connectivity index (χ3v) is 3.06. The van der Waals surface area contributed by atoms with E-state index in [9.17, 15) is 19.5 Å². The van der Waals surface area contributed by atoms with Gasteiger partial charge < -0.3 is 19.8 Å². The van der Waals surface area contributed by atoms with Crippen molar-refractivity contribution in [1.82, 2.24) is 9.47 Å². The first-order valence-corrected chi connectivity index (χ1v) is 6.01. The maximum absolute atomic E-state index is 12.3. The minimum absolute atomic E-state index is 0.0232. The smallest absolute Gasteiger partial charge is 0.331 e. The highest BCUT2D eigenvalue weighted by atomic mass is 16.5. The Morgan fingerprint density at radius 3 is 2.75 bits per heavy atom. The van der Waals surface area contributed by atoms with Crippen molar-refractivity contribution < 1.29 is 24.5 Å². The van der Waals surface area contributed by atoms with E-state index in [2.05, 4.69) is 0 Å². The number of hydrogen-bond acceptors (Lipinski definition) is 5. The number of pyridine rings is 1. The predicted molar refractivity (Wildman–Crippen MR) is 66.5 cm³/mol. The van der Waals surface area contributed by atoms with E-state index in [0.717, 1.165) is 15.5 Å². The molecule has 1 aliphatic rings. The summed E-state index contributed by atoms with van der Waals surface area (Å²) in [6, 6.07) is 0.196. The van der Waals surface area contributed by atoms with Crippen LogP contribution in [0.15, 0.2) is 10.9 Å². The molecule has 20 heavy (non-hydrogen) atoms. The first-order valence-electron chi connectivity index (χ1n) is 6.01. The molecule has 0 spiro atoms. The van der Waals surface area contributed by atoms with Gasteiger partial charge in [-0.25, -0.2) is 9.36 Å². The van der Waals surface area contributed by atoms with Gasteiger partial charge in [0.15, 0.2) is 0 Å². The third-order valence-electron chi connectivity index (χ3n) is 3.06. The van der Waals surface area contributed by atoms with Crippen molar-refractivity contribution in [2.45, 2.75) is 20.1 Å². The Hall–Kier alpha value is -2.35. The van der Waals surface area contributed by atoms with Gasteiger partial charge >= 0.3 is 12.0 Å². The number of carbonyl (C=O) groups is 2. The Kier molecular flexibility index (Phi) is 3.75. The first kappa shape index (κ1) is 14.1. The molecule has 8 nitrogen and oxygen atoms in total. The number of aromatic nitrogens is 1. The molecule has 2 rings (SSSR count). The summed E-state index contributed by atoms with van der Waals surface area (Å²) < 4.78 is 5.98. The van der Waals surface area contributed by atoms with Gasteiger partial charge in [-0.15, -0.1) is 0 Å². The molecular weight excluding hydrogens is 268 g/mol. The van der Waals surface area contributed by atoms with Gasteiger partial charge in [-0.3, -0.25) is 9.59 Å². The average Bonchev–Trinajstić information content (AvgIpc) is 2.84. The number of carboxylic acids is 1. The number of hydrogen-bond donors (Lipinski definition) is 2. The van der Waals surface area contributed by atoms with Crippen LogP contribution in [-0.4, -0.2) is 44.8 Å². The summed E-state index contributed by atoms with van der Waals surface area (Å²) in [7, 11) is 0. The molecule has 0 radical (unpaired) electrons. The van der Waals surface area contributed by atoms with Gasteiger partial charge in [-0.05, 0) is 6.92 Å². The molecule has 0 bridgehead atoms. The summed E-state index contributed by atoms with van der Waals surface area (Å²) in [6.45, 7) is 1.39. The molecule has 8 heteroatoms. The second-order valence-corrected chi connectivity index (χ2v) is 4.31. The van der Waals surface area contributed by atoms with Gasteiger partial charge in [0, 0.05) is 18.2 Å². The van der Waals surface area contributed by atoms with Crippen molar-refractivity contribution in [2.24, 2.45) is 0 Å². The zero-order valence-corrected chi connectivity index (χ0v) is 10.8. The van der Waals surface area contributed by atoms with E-state index in [4.69, 9.17) is 9.84 Å². The molecule has 1 aromatic heterocycles. The lowest BCUT2D eigenvalue weighted by molar-refractivity contribution is -0.137. The van der Waals surface area contributed by atoms with Gasteiger partial charge in [0.25, 0.3) is 5.56 Å². The standard InChI is InChI=1S/C12H14N2O6/c1-2-13(4-11(17)18)12(19)14-8-6-20-5-7(8)9(15)3-10(14)16/h3,15H,2,4-6H2,1H3,(H,17,18). The largest absolute Gasteiger partial charge is 0.507 e. The normalized spacial score (nSPS) is 13.1. The van der Waals surface area contributed by atoms with Crippen LogP contribution in [0.5, 0.6) is 5.75 Å². The molecule has 0 saturated carbocycles. The third kappa shape index (κ3) is 2.37. The Morgan fingerprint density at radius 1 is 1.45 bits per heavy atom. The number of carbonyl (C=O) groups excluding carboxylic acids is 1. The molecule has 2 heterocycles. The molecular formula is C12H14N2O6. The van der Waals surface area contributed by atoms with E-state index >= 15 is 0 Å². The molecule has 1 aromatic rings. The van der Waals surface area contributed by atoms with E-state index in [1.54, 1.807) is 6.92 Å². The van der Waals surface area contributed by atoms with E-state index in [0.29, 0.717) is 5.56 Å². The number of amides is 1. The predicted octanol–water partition coefficient (Wildman–Crippen LogP) is -0.0413. The van der Waals surface area contributed by atoms with E-state index < -0.39 is 24.1 Å². The zero-order valence-electron chi connectivity index (χ0n) is 10.8. The van der Waals surface area contributed by atoms with Crippen LogP contribution in [0, 0.1) is 0 Å². The SMILES string of the molecule is CCN(CC(=O)O)C(=O)n1c2c(c(O)cc1=O)COC2. The van der Waals surface area contributed by atoms with Crippen molar-refractivity contribution in [3.05, 3.63) is 27.7 Å². The van der Waals surface area contributed by atoms with Gasteiger partial charge in [0.05, 0.1) is 18.9 Å². The Bertz CT molecular complexity index is 621. The van der Waals surface area contributed by atoms with Crippen molar-refractivity contribution in [3.8, 4) is 5.75 Å². The molecule has 0 saturated heterocycles. The van der Waals surface area contributed by atoms with E-state index in [1.807, 2.05) is 0 Å². The summed E-state index contributed by atoms with van der Waals surface area (Å²) in [5, 5.41) is 18.4. The highest BCUT2D eigenvalue weighted by molar-refractivity contribution is 5.82. The lowest BCUT2D eigenvalue weighted by atomic mass is 10.2. The number of carboxylic acid groups (broad SMARTS) is 1. The second kappa shape index (κ2) is 5.33. The highest BCUT2D eigenvalue weighted by Crippen LogP contribution is 2.26. The van der Waals surface area contributed by atoms with E-state index in [-0.39, 0.29) is 31.2 Å². The molecule has 0 aromatic carbocycles. The van der Waals surface area contributed by atoms with Crippen LogP contribution in [0.4, 0.5) is 4.79 Å². The minimum Gasteiger partial charge on any atom is -0.507 e. The molecule has 108 valence electrons. The quantitative estimate of drug-likeness (QED) is 0.805. The first-order chi connectivity index (χ1) is 9.45. The number of aliphatic carboxylic acids is 1. The van der Waals surface area contributed by atoms with Gasteiger partial charge in [-0.2, -0.15) is 0 Å². The molecule has 0 atom stereocenters. The van der Waals surface area contributed by atoms with Gasteiger partial charge in [0.1, 0.15) is 12.3 Å².